The summed E-state index contributed by atoms with van der Waals surface area (Å²) < 4.78 is 2.14. The molecule has 1 aromatic heterocycles. The van der Waals surface area contributed by atoms with Crippen molar-refractivity contribution in [2.24, 2.45) is 0 Å². The molecular weight excluding hydrogens is 284 g/mol. The lowest BCUT2D eigenvalue weighted by Gasteiger charge is -2.06. The molecule has 2 N–H and O–H groups in total. The van der Waals surface area contributed by atoms with Gasteiger partial charge in [0.1, 0.15) is 5.78 Å². The lowest BCUT2D eigenvalue weighted by Crippen LogP contribution is -2.06. The van der Waals surface area contributed by atoms with Gasteiger partial charge in [-0.2, -0.15) is 0 Å². The fraction of sp³-hybridized carbons (Fsp3) is 0.200. The second kappa shape index (κ2) is 7.14. The van der Waals surface area contributed by atoms with Gasteiger partial charge in [0.15, 0.2) is 0 Å². The van der Waals surface area contributed by atoms with Crippen LogP contribution in [0.2, 0.25) is 0 Å². The Morgan fingerprint density at radius 2 is 1.83 bits per heavy atom. The van der Waals surface area contributed by atoms with Gasteiger partial charge < -0.3 is 10.3 Å². The lowest BCUT2D eigenvalue weighted by molar-refractivity contribution is -0.116. The van der Waals surface area contributed by atoms with E-state index in [-0.39, 0.29) is 5.78 Å². The van der Waals surface area contributed by atoms with Crippen molar-refractivity contribution in [3.63, 3.8) is 0 Å². The molecular formula is C20H21N2O. The Balaban J connectivity index is 1.47. The highest BCUT2D eigenvalue weighted by Crippen LogP contribution is 2.16. The first-order valence-electron chi connectivity index (χ1n) is 7.97. The molecule has 2 aromatic carbocycles. The molecule has 0 aliphatic carbocycles. The summed E-state index contributed by atoms with van der Waals surface area (Å²) in [5.41, 5.74) is 8.99. The summed E-state index contributed by atoms with van der Waals surface area (Å²) >= 11 is 0. The minimum Gasteiger partial charge on any atom is -0.399 e. The van der Waals surface area contributed by atoms with Crippen LogP contribution in [0.4, 0.5) is 5.69 Å². The maximum absolute atomic E-state index is 12.0. The maximum atomic E-state index is 12.0. The van der Waals surface area contributed by atoms with Gasteiger partial charge in [0.2, 0.25) is 0 Å². The molecule has 0 aliphatic rings. The monoisotopic (exact) mass is 305 g/mol. The fourth-order valence-electron chi connectivity index (χ4n) is 2.82. The van der Waals surface area contributed by atoms with Crippen LogP contribution in [-0.2, 0) is 17.8 Å². The third-order valence-corrected chi connectivity index (χ3v) is 4.12. The topological polar surface area (TPSA) is 48.0 Å². The summed E-state index contributed by atoms with van der Waals surface area (Å²) in [5, 5.41) is 1.21. The van der Waals surface area contributed by atoms with Crippen LogP contribution >= 0.6 is 0 Å². The number of rotatable bonds is 7. The molecule has 23 heavy (non-hydrogen) atoms. The number of hydrogen-bond acceptors (Lipinski definition) is 2. The number of Topliss-reactive ketones (excluding diaryl/α,β-unsaturated/α-hetero) is 1. The van der Waals surface area contributed by atoms with Crippen molar-refractivity contribution in [2.45, 2.75) is 25.8 Å². The summed E-state index contributed by atoms with van der Waals surface area (Å²) in [6.45, 7) is 0.719. The van der Waals surface area contributed by atoms with Gasteiger partial charge in [0.05, 0.1) is 0 Å². The second-order valence-corrected chi connectivity index (χ2v) is 5.73. The number of carbonyl (C=O) groups excluding carboxylic acids is 1. The molecule has 1 radical (unpaired) electrons. The predicted octanol–water partition coefficient (Wildman–Crippen LogP) is 4.02. The van der Waals surface area contributed by atoms with Gasteiger partial charge in [-0.3, -0.25) is 4.79 Å². The number of carbonyl (C=O) groups is 1. The highest BCUT2D eigenvalue weighted by molar-refractivity contribution is 5.87. The zero-order valence-corrected chi connectivity index (χ0v) is 13.1. The summed E-state index contributed by atoms with van der Waals surface area (Å²) in [6, 6.07) is 18.1. The van der Waals surface area contributed by atoms with E-state index in [1.54, 1.807) is 6.42 Å². The molecule has 0 unspecified atom stereocenters. The first kappa shape index (κ1) is 15.3. The van der Waals surface area contributed by atoms with Gasteiger partial charge in [0, 0.05) is 36.8 Å². The third kappa shape index (κ3) is 3.81. The molecule has 0 saturated heterocycles. The first-order valence-corrected chi connectivity index (χ1v) is 7.97. The van der Waals surface area contributed by atoms with Gasteiger partial charge in [-0.25, -0.2) is 0 Å². The smallest absolute Gasteiger partial charge is 0.138 e. The number of benzene rings is 2. The molecule has 117 valence electrons. The summed E-state index contributed by atoms with van der Waals surface area (Å²) in [4.78, 5) is 12.0. The Morgan fingerprint density at radius 1 is 1.04 bits per heavy atom. The van der Waals surface area contributed by atoms with Crippen molar-refractivity contribution < 1.29 is 4.79 Å². The number of fused-ring (bicyclic) bond motifs is 1. The predicted molar refractivity (Wildman–Crippen MR) is 95.0 cm³/mol. The minimum absolute atomic E-state index is 0.192. The van der Waals surface area contributed by atoms with E-state index in [9.17, 15) is 4.79 Å². The Labute approximate surface area is 136 Å². The molecule has 0 atom stereocenters. The highest BCUT2D eigenvalue weighted by Gasteiger charge is 2.06. The van der Waals surface area contributed by atoms with E-state index < -0.39 is 0 Å². The van der Waals surface area contributed by atoms with Gasteiger partial charge in [-0.15, -0.1) is 0 Å². The lowest BCUT2D eigenvalue weighted by atomic mass is 10.0. The standard InChI is InChI=1S/C20H21N2O/c21-19-10-3-1-6-16(19)8-5-9-18(23)13-15-22-14-12-17-7-2-4-11-20(17)22/h1-4,6-7,9-12,14H,5,8,13,15,21H2. The van der Waals surface area contributed by atoms with Crippen molar-refractivity contribution >= 4 is 22.4 Å². The number of ketones is 1. The maximum Gasteiger partial charge on any atom is 0.138 e. The number of hydrogen-bond donors (Lipinski definition) is 1. The first-order chi connectivity index (χ1) is 11.2. The number of aryl methyl sites for hydroxylation is 2. The SMILES string of the molecule is Nc1ccccc1CC[CH]C(=O)CCn1ccc2ccccc21. The number of para-hydroxylation sites is 2. The number of nitrogen functional groups attached to an aromatic ring is 1. The molecule has 3 nitrogen and oxygen atoms in total. The van der Waals surface area contributed by atoms with Crippen LogP contribution in [0.25, 0.3) is 10.9 Å². The second-order valence-electron chi connectivity index (χ2n) is 5.73. The number of aromatic nitrogens is 1. The van der Waals surface area contributed by atoms with Gasteiger partial charge in [0.25, 0.3) is 0 Å². The van der Waals surface area contributed by atoms with Crippen molar-refractivity contribution in [2.75, 3.05) is 5.73 Å². The zero-order chi connectivity index (χ0) is 16.1. The molecule has 0 aliphatic heterocycles. The molecule has 0 fully saturated rings. The Morgan fingerprint density at radius 3 is 2.70 bits per heavy atom. The van der Waals surface area contributed by atoms with E-state index in [1.165, 1.54) is 10.9 Å². The van der Waals surface area contributed by atoms with Crippen molar-refractivity contribution in [1.29, 1.82) is 0 Å². The van der Waals surface area contributed by atoms with Gasteiger partial charge in [-0.05, 0) is 42.0 Å². The van der Waals surface area contributed by atoms with Crippen LogP contribution in [0.1, 0.15) is 18.4 Å². The fourth-order valence-corrected chi connectivity index (χ4v) is 2.82. The van der Waals surface area contributed by atoms with E-state index in [4.69, 9.17) is 5.73 Å². The number of nitrogens with zero attached hydrogens (tertiary/aromatic N) is 1. The quantitative estimate of drug-likeness (QED) is 0.670. The largest absolute Gasteiger partial charge is 0.399 e. The molecule has 0 spiro atoms. The van der Waals surface area contributed by atoms with E-state index in [1.807, 2.05) is 42.6 Å². The minimum atomic E-state index is 0.192. The van der Waals surface area contributed by atoms with E-state index in [0.29, 0.717) is 6.42 Å². The van der Waals surface area contributed by atoms with Crippen LogP contribution in [-0.4, -0.2) is 10.4 Å². The average molecular weight is 305 g/mol. The molecule has 3 heteroatoms. The highest BCUT2D eigenvalue weighted by atomic mass is 16.1. The summed E-state index contributed by atoms with van der Waals surface area (Å²) in [5.74, 6) is 0.192. The van der Waals surface area contributed by atoms with Crippen LogP contribution in [0.3, 0.4) is 0 Å². The van der Waals surface area contributed by atoms with Crippen LogP contribution in [0.15, 0.2) is 60.8 Å². The summed E-state index contributed by atoms with van der Waals surface area (Å²) in [6.07, 6.45) is 5.91. The molecule has 0 bridgehead atoms. The van der Waals surface area contributed by atoms with E-state index in [0.717, 1.165) is 30.6 Å². The Bertz CT molecular complexity index is 804. The zero-order valence-electron chi connectivity index (χ0n) is 13.1. The third-order valence-electron chi connectivity index (χ3n) is 4.12. The van der Waals surface area contributed by atoms with Gasteiger partial charge >= 0.3 is 0 Å². The van der Waals surface area contributed by atoms with Crippen molar-refractivity contribution in [3.8, 4) is 0 Å². The van der Waals surface area contributed by atoms with Crippen LogP contribution in [0, 0.1) is 6.42 Å². The Hall–Kier alpha value is -2.55. The van der Waals surface area contributed by atoms with Gasteiger partial charge in [-0.1, -0.05) is 36.4 Å². The molecule has 3 rings (SSSR count). The molecule has 0 saturated carbocycles. The Kier molecular flexibility index (Phi) is 4.77. The molecule has 1 heterocycles. The number of nitrogens with two attached hydrogens (primary N) is 1. The van der Waals surface area contributed by atoms with Crippen molar-refractivity contribution in [1.82, 2.24) is 4.57 Å². The van der Waals surface area contributed by atoms with Crippen LogP contribution < -0.4 is 5.73 Å². The number of anilines is 1. The van der Waals surface area contributed by atoms with E-state index >= 15 is 0 Å². The van der Waals surface area contributed by atoms with E-state index in [2.05, 4.69) is 22.8 Å². The molecule has 0 amide bonds. The molecule has 3 aromatic rings. The normalized spacial score (nSPS) is 11.0. The van der Waals surface area contributed by atoms with Crippen LogP contribution in [0.5, 0.6) is 0 Å². The summed E-state index contributed by atoms with van der Waals surface area (Å²) in [7, 11) is 0. The van der Waals surface area contributed by atoms with Crippen molar-refractivity contribution in [3.05, 3.63) is 72.8 Å². The average Bonchev–Trinajstić information content (AvgIpc) is 2.98.